The number of amides is 1. The average Bonchev–Trinajstić information content (AvgIpc) is 2.20. The van der Waals surface area contributed by atoms with Crippen LogP contribution in [0.1, 0.15) is 22.8 Å². The number of aryl methyl sites for hydroxylation is 1. The predicted molar refractivity (Wildman–Crippen MR) is 71.2 cm³/mol. The summed E-state index contributed by atoms with van der Waals surface area (Å²) < 4.78 is 1.01. The number of hydrogen-bond acceptors (Lipinski definition) is 1. The summed E-state index contributed by atoms with van der Waals surface area (Å²) in [7, 11) is 1.76. The molecule has 0 heterocycles. The lowest BCUT2D eigenvalue weighted by atomic mass is 10.1. The van der Waals surface area contributed by atoms with E-state index >= 15 is 0 Å². The van der Waals surface area contributed by atoms with Gasteiger partial charge in [0.15, 0.2) is 0 Å². The van der Waals surface area contributed by atoms with Crippen molar-refractivity contribution in [1.29, 1.82) is 0 Å². The fourth-order valence-corrected chi connectivity index (χ4v) is 1.91. The van der Waals surface area contributed by atoms with Crippen molar-refractivity contribution in [3.63, 3.8) is 0 Å². The first-order valence-electron chi connectivity index (χ1n) is 5.07. The van der Waals surface area contributed by atoms with Gasteiger partial charge in [0, 0.05) is 29.0 Å². The van der Waals surface area contributed by atoms with E-state index in [2.05, 4.69) is 15.9 Å². The van der Waals surface area contributed by atoms with E-state index in [-0.39, 0.29) is 11.3 Å². The van der Waals surface area contributed by atoms with Gasteiger partial charge in [-0.05, 0) is 37.6 Å². The predicted octanol–water partition coefficient (Wildman–Crippen LogP) is 3.46. The molecule has 4 heteroatoms. The monoisotopic (exact) mass is 303 g/mol. The van der Waals surface area contributed by atoms with E-state index in [1.165, 1.54) is 0 Å². The van der Waals surface area contributed by atoms with Gasteiger partial charge < -0.3 is 4.90 Å². The van der Waals surface area contributed by atoms with E-state index in [1.807, 2.05) is 32.0 Å². The normalized spacial score (nSPS) is 12.3. The van der Waals surface area contributed by atoms with Gasteiger partial charge in [-0.15, -0.1) is 11.6 Å². The molecule has 1 rings (SSSR count). The van der Waals surface area contributed by atoms with Crippen molar-refractivity contribution in [1.82, 2.24) is 4.90 Å². The maximum absolute atomic E-state index is 12.0. The molecule has 1 aromatic carbocycles. The summed E-state index contributed by atoms with van der Waals surface area (Å²) in [5.41, 5.74) is 1.75. The molecule has 16 heavy (non-hydrogen) atoms. The largest absolute Gasteiger partial charge is 0.340 e. The molecule has 0 spiro atoms. The highest BCUT2D eigenvalue weighted by Gasteiger charge is 2.13. The molecule has 0 saturated heterocycles. The first-order valence-corrected chi connectivity index (χ1v) is 6.30. The lowest BCUT2D eigenvalue weighted by molar-refractivity contribution is 0.0796. The molecule has 0 aliphatic carbocycles. The topological polar surface area (TPSA) is 20.3 Å². The van der Waals surface area contributed by atoms with E-state index in [9.17, 15) is 4.79 Å². The maximum Gasteiger partial charge on any atom is 0.253 e. The second-order valence-electron chi connectivity index (χ2n) is 3.93. The molecule has 88 valence electrons. The summed E-state index contributed by atoms with van der Waals surface area (Å²) in [5.74, 6) is 0.00287. The zero-order valence-corrected chi connectivity index (χ0v) is 12.0. The Bertz CT molecular complexity index is 393. The summed E-state index contributed by atoms with van der Waals surface area (Å²) in [6, 6.07) is 5.58. The van der Waals surface area contributed by atoms with Crippen molar-refractivity contribution in [2.75, 3.05) is 13.6 Å². The van der Waals surface area contributed by atoms with Crippen LogP contribution in [0.4, 0.5) is 0 Å². The molecule has 0 aliphatic rings. The van der Waals surface area contributed by atoms with Crippen LogP contribution < -0.4 is 0 Å². The lowest BCUT2D eigenvalue weighted by Crippen LogP contribution is -2.31. The lowest BCUT2D eigenvalue weighted by Gasteiger charge is -2.18. The molecular formula is C12H15BrClNO. The van der Waals surface area contributed by atoms with Gasteiger partial charge in [-0.3, -0.25) is 4.79 Å². The van der Waals surface area contributed by atoms with E-state index in [0.717, 1.165) is 10.0 Å². The number of nitrogens with zero attached hydrogens (tertiary/aromatic N) is 1. The summed E-state index contributed by atoms with van der Waals surface area (Å²) in [6.07, 6.45) is 0. The molecule has 0 saturated carbocycles. The molecule has 0 N–H and O–H groups in total. The first kappa shape index (κ1) is 13.5. The number of halogens is 2. The molecule has 0 bridgehead atoms. The van der Waals surface area contributed by atoms with Gasteiger partial charge in [-0.2, -0.15) is 0 Å². The van der Waals surface area contributed by atoms with Crippen LogP contribution >= 0.6 is 27.5 Å². The summed E-state index contributed by atoms with van der Waals surface area (Å²) in [6.45, 7) is 4.39. The van der Waals surface area contributed by atoms with Crippen LogP contribution in [0.25, 0.3) is 0 Å². The van der Waals surface area contributed by atoms with E-state index in [4.69, 9.17) is 11.6 Å². The van der Waals surface area contributed by atoms with Crippen LogP contribution in [0.5, 0.6) is 0 Å². The molecule has 0 radical (unpaired) electrons. The van der Waals surface area contributed by atoms with Gasteiger partial charge in [-0.25, -0.2) is 0 Å². The van der Waals surface area contributed by atoms with Crippen LogP contribution in [0, 0.1) is 6.92 Å². The van der Waals surface area contributed by atoms with Crippen molar-refractivity contribution in [3.05, 3.63) is 33.8 Å². The zero-order valence-electron chi connectivity index (χ0n) is 9.63. The molecule has 1 atom stereocenters. The molecule has 0 aliphatic heterocycles. The van der Waals surface area contributed by atoms with Gasteiger partial charge in [0.2, 0.25) is 0 Å². The number of carbonyl (C=O) groups excluding carboxylic acids is 1. The SMILES string of the molecule is Cc1cc(C(=O)N(C)CC(C)Cl)ccc1Br. The Morgan fingerprint density at radius 1 is 1.56 bits per heavy atom. The van der Waals surface area contributed by atoms with Crippen LogP contribution in [0.2, 0.25) is 0 Å². The minimum absolute atomic E-state index is 0.00287. The van der Waals surface area contributed by atoms with Gasteiger partial charge in [0.1, 0.15) is 0 Å². The van der Waals surface area contributed by atoms with Crippen LogP contribution in [0.15, 0.2) is 22.7 Å². The molecule has 1 amide bonds. The number of rotatable bonds is 3. The third-order valence-corrected chi connectivity index (χ3v) is 3.30. The Hall–Kier alpha value is -0.540. The van der Waals surface area contributed by atoms with E-state index in [0.29, 0.717) is 12.1 Å². The number of benzene rings is 1. The van der Waals surface area contributed by atoms with Gasteiger partial charge >= 0.3 is 0 Å². The second-order valence-corrected chi connectivity index (χ2v) is 5.53. The summed E-state index contributed by atoms with van der Waals surface area (Å²) in [4.78, 5) is 13.6. The second kappa shape index (κ2) is 5.69. The fraction of sp³-hybridized carbons (Fsp3) is 0.417. The Kier molecular flexibility index (Phi) is 4.81. The Morgan fingerprint density at radius 3 is 2.69 bits per heavy atom. The molecule has 1 unspecified atom stereocenters. The minimum Gasteiger partial charge on any atom is -0.340 e. The molecule has 2 nitrogen and oxygen atoms in total. The highest BCUT2D eigenvalue weighted by Crippen LogP contribution is 2.18. The Balaban J connectivity index is 2.84. The Labute approximate surface area is 110 Å². The quantitative estimate of drug-likeness (QED) is 0.783. The minimum atomic E-state index is -0.0366. The smallest absolute Gasteiger partial charge is 0.253 e. The van der Waals surface area contributed by atoms with Gasteiger partial charge in [-0.1, -0.05) is 15.9 Å². The third-order valence-electron chi connectivity index (χ3n) is 2.28. The van der Waals surface area contributed by atoms with Crippen molar-refractivity contribution < 1.29 is 4.79 Å². The van der Waals surface area contributed by atoms with Crippen molar-refractivity contribution in [3.8, 4) is 0 Å². The fourth-order valence-electron chi connectivity index (χ4n) is 1.46. The van der Waals surface area contributed by atoms with Crippen LogP contribution in [-0.4, -0.2) is 29.8 Å². The van der Waals surface area contributed by atoms with Gasteiger partial charge in [0.25, 0.3) is 5.91 Å². The maximum atomic E-state index is 12.0. The van der Waals surface area contributed by atoms with Crippen molar-refractivity contribution in [2.45, 2.75) is 19.2 Å². The molecule has 0 aromatic heterocycles. The zero-order chi connectivity index (χ0) is 12.3. The van der Waals surface area contributed by atoms with E-state index < -0.39 is 0 Å². The van der Waals surface area contributed by atoms with Crippen molar-refractivity contribution in [2.24, 2.45) is 0 Å². The highest BCUT2D eigenvalue weighted by molar-refractivity contribution is 9.10. The van der Waals surface area contributed by atoms with E-state index in [1.54, 1.807) is 11.9 Å². The average molecular weight is 305 g/mol. The molecule has 1 aromatic rings. The molecule has 0 fully saturated rings. The molecular weight excluding hydrogens is 289 g/mol. The third kappa shape index (κ3) is 3.49. The number of carbonyl (C=O) groups is 1. The summed E-state index contributed by atoms with van der Waals surface area (Å²) in [5, 5.41) is -0.0366. The van der Waals surface area contributed by atoms with Crippen molar-refractivity contribution >= 4 is 33.4 Å². The highest BCUT2D eigenvalue weighted by atomic mass is 79.9. The van der Waals surface area contributed by atoms with Crippen LogP contribution in [0.3, 0.4) is 0 Å². The van der Waals surface area contributed by atoms with Crippen LogP contribution in [-0.2, 0) is 0 Å². The standard InChI is InChI=1S/C12H15BrClNO/c1-8-6-10(4-5-11(8)13)12(16)15(3)7-9(2)14/h4-6,9H,7H2,1-3H3. The van der Waals surface area contributed by atoms with Gasteiger partial charge in [0.05, 0.1) is 0 Å². The Morgan fingerprint density at radius 2 is 2.19 bits per heavy atom. The summed E-state index contributed by atoms with van der Waals surface area (Å²) >= 11 is 9.27. The number of alkyl halides is 1. The number of hydrogen-bond donors (Lipinski definition) is 0. The first-order chi connectivity index (χ1) is 7.41.